The van der Waals surface area contributed by atoms with Gasteiger partial charge in [0, 0.05) is 0 Å². The van der Waals surface area contributed by atoms with Crippen LogP contribution in [-0.4, -0.2) is 29.7 Å². The minimum absolute atomic E-state index is 0.402. The number of anilines is 1. The molecule has 0 saturated carbocycles. The molecule has 0 aliphatic heterocycles. The Bertz CT molecular complexity index is 425. The van der Waals surface area contributed by atoms with Gasteiger partial charge >= 0.3 is 6.18 Å². The molecule has 1 rings (SSSR count). The molecule has 0 aromatic carbocycles. The van der Waals surface area contributed by atoms with E-state index in [1.54, 1.807) is 23.5 Å². The molecule has 100 valence electrons. The highest BCUT2D eigenvalue weighted by Crippen LogP contribution is 2.13. The lowest BCUT2D eigenvalue weighted by atomic mass is 10.3. The monoisotopic (exact) mass is 325 g/mol. The summed E-state index contributed by atoms with van der Waals surface area (Å²) in [6, 6.07) is 4.19. The average Bonchev–Trinajstić information content (AvgIpc) is 2.24. The van der Waals surface area contributed by atoms with Crippen molar-refractivity contribution < 1.29 is 18.0 Å². The minimum Gasteiger partial charge on any atom is -0.359 e. The number of nitrogens with one attached hydrogen (secondary N) is 2. The molecule has 0 aliphatic rings. The Hall–Kier alpha value is -1.31. The topological polar surface area (TPSA) is 54.0 Å². The number of amides is 1. The van der Waals surface area contributed by atoms with Crippen LogP contribution in [0.5, 0.6) is 0 Å². The van der Waals surface area contributed by atoms with Gasteiger partial charge in [0.05, 0.1) is 0 Å². The van der Waals surface area contributed by atoms with Gasteiger partial charge in [-0.3, -0.25) is 4.79 Å². The van der Waals surface area contributed by atoms with Crippen LogP contribution in [0.2, 0.25) is 0 Å². The molecule has 1 amide bonds. The van der Waals surface area contributed by atoms with E-state index in [0.717, 1.165) is 0 Å². The maximum absolute atomic E-state index is 11.9. The fraction of sp³-hybridized carbons (Fsp3) is 0.400. The number of alkyl halides is 3. The van der Waals surface area contributed by atoms with Crippen LogP contribution in [0.15, 0.2) is 22.8 Å². The molecule has 0 fully saturated rings. The Labute approximate surface area is 110 Å². The second kappa shape index (κ2) is 6.03. The molecule has 2 N–H and O–H groups in total. The summed E-state index contributed by atoms with van der Waals surface area (Å²) in [4.78, 5) is 15.4. The van der Waals surface area contributed by atoms with Crippen molar-refractivity contribution in [3.05, 3.63) is 22.8 Å². The van der Waals surface area contributed by atoms with Crippen LogP contribution < -0.4 is 10.6 Å². The average molecular weight is 326 g/mol. The Morgan fingerprint density at radius 2 is 2.17 bits per heavy atom. The van der Waals surface area contributed by atoms with Crippen molar-refractivity contribution in [2.24, 2.45) is 0 Å². The summed E-state index contributed by atoms with van der Waals surface area (Å²) in [6.45, 7) is 0.109. The summed E-state index contributed by atoms with van der Waals surface area (Å²) in [7, 11) is 0. The normalized spacial score (nSPS) is 12.9. The van der Waals surface area contributed by atoms with E-state index in [1.807, 2.05) is 0 Å². The molecule has 1 aromatic rings. The Morgan fingerprint density at radius 3 is 2.72 bits per heavy atom. The number of pyridine rings is 1. The van der Waals surface area contributed by atoms with Crippen molar-refractivity contribution in [3.63, 3.8) is 0 Å². The van der Waals surface area contributed by atoms with Crippen LogP contribution >= 0.6 is 15.9 Å². The molecule has 8 heteroatoms. The third-order valence-electron chi connectivity index (χ3n) is 1.94. The van der Waals surface area contributed by atoms with E-state index < -0.39 is 24.7 Å². The summed E-state index contributed by atoms with van der Waals surface area (Å²) < 4.78 is 36.3. The predicted molar refractivity (Wildman–Crippen MR) is 64.1 cm³/mol. The number of aromatic nitrogens is 1. The Morgan fingerprint density at radius 1 is 1.50 bits per heavy atom. The fourth-order valence-electron chi connectivity index (χ4n) is 1.12. The molecule has 0 aliphatic carbocycles. The van der Waals surface area contributed by atoms with E-state index in [-0.39, 0.29) is 0 Å². The first-order chi connectivity index (χ1) is 8.28. The number of carbonyl (C=O) groups is 1. The molecule has 0 bridgehead atoms. The van der Waals surface area contributed by atoms with Crippen LogP contribution in [0.1, 0.15) is 6.92 Å². The lowest BCUT2D eigenvalue weighted by molar-refractivity contribution is -0.138. The van der Waals surface area contributed by atoms with E-state index in [0.29, 0.717) is 10.4 Å². The maximum atomic E-state index is 11.9. The van der Waals surface area contributed by atoms with Gasteiger partial charge in [0.25, 0.3) is 0 Å². The van der Waals surface area contributed by atoms with Gasteiger partial charge in [-0.25, -0.2) is 4.98 Å². The lowest BCUT2D eigenvalue weighted by Crippen LogP contribution is -2.42. The molecule has 1 heterocycles. The summed E-state index contributed by atoms with van der Waals surface area (Å²) in [5, 5.41) is 4.49. The number of hydrogen-bond donors (Lipinski definition) is 2. The van der Waals surface area contributed by atoms with E-state index >= 15 is 0 Å². The number of halogens is 4. The van der Waals surface area contributed by atoms with Crippen molar-refractivity contribution in [1.29, 1.82) is 0 Å². The highest BCUT2D eigenvalue weighted by Gasteiger charge is 2.28. The third-order valence-corrected chi connectivity index (χ3v) is 2.38. The van der Waals surface area contributed by atoms with Gasteiger partial charge in [-0.2, -0.15) is 13.2 Å². The molecule has 4 nitrogen and oxygen atoms in total. The SMILES string of the molecule is CC(Nc1cccc(Br)n1)C(=O)NCC(F)(F)F. The van der Waals surface area contributed by atoms with Crippen LogP contribution in [0.25, 0.3) is 0 Å². The lowest BCUT2D eigenvalue weighted by Gasteiger charge is -2.15. The summed E-state index contributed by atoms with van der Waals surface area (Å²) in [5.74, 6) is -0.340. The second-order valence-corrected chi connectivity index (χ2v) is 4.36. The van der Waals surface area contributed by atoms with Crippen LogP contribution in [0.3, 0.4) is 0 Å². The van der Waals surface area contributed by atoms with Gasteiger partial charge in [0.15, 0.2) is 0 Å². The van der Waals surface area contributed by atoms with Crippen molar-refractivity contribution >= 4 is 27.7 Å². The minimum atomic E-state index is -4.41. The predicted octanol–water partition coefficient (Wildman–Crippen LogP) is 2.32. The number of rotatable bonds is 4. The summed E-state index contributed by atoms with van der Waals surface area (Å²) in [6.07, 6.45) is -4.41. The molecule has 0 saturated heterocycles. The Balaban J connectivity index is 2.50. The standard InChI is InChI=1S/C10H11BrF3N3O/c1-6(9(18)15-5-10(12,13)14)16-8-4-2-3-7(11)17-8/h2-4,6H,5H2,1H3,(H,15,18)(H,16,17). The van der Waals surface area contributed by atoms with E-state index in [4.69, 9.17) is 0 Å². The highest BCUT2D eigenvalue weighted by molar-refractivity contribution is 9.10. The molecule has 18 heavy (non-hydrogen) atoms. The van der Waals surface area contributed by atoms with Gasteiger partial charge in [0.2, 0.25) is 5.91 Å². The van der Waals surface area contributed by atoms with Crippen molar-refractivity contribution in [2.75, 3.05) is 11.9 Å². The van der Waals surface area contributed by atoms with Gasteiger partial charge in [-0.05, 0) is 35.0 Å². The van der Waals surface area contributed by atoms with Crippen LogP contribution in [-0.2, 0) is 4.79 Å². The molecule has 1 aromatic heterocycles. The molecule has 0 spiro atoms. The first-order valence-corrected chi connectivity index (χ1v) is 5.81. The zero-order chi connectivity index (χ0) is 13.8. The van der Waals surface area contributed by atoms with E-state index in [2.05, 4.69) is 26.2 Å². The highest BCUT2D eigenvalue weighted by atomic mass is 79.9. The zero-order valence-corrected chi connectivity index (χ0v) is 11.0. The van der Waals surface area contributed by atoms with E-state index in [9.17, 15) is 18.0 Å². The maximum Gasteiger partial charge on any atom is 0.405 e. The Kier molecular flexibility index (Phi) is 4.94. The van der Waals surface area contributed by atoms with Gasteiger partial charge in [-0.1, -0.05) is 6.07 Å². The quantitative estimate of drug-likeness (QED) is 0.835. The van der Waals surface area contributed by atoms with Crippen LogP contribution in [0, 0.1) is 0 Å². The molecular formula is C10H11BrF3N3O. The number of nitrogens with zero attached hydrogens (tertiary/aromatic N) is 1. The third kappa shape index (κ3) is 5.35. The zero-order valence-electron chi connectivity index (χ0n) is 9.38. The largest absolute Gasteiger partial charge is 0.405 e. The first-order valence-electron chi connectivity index (χ1n) is 5.01. The van der Waals surface area contributed by atoms with Crippen LogP contribution in [0.4, 0.5) is 19.0 Å². The van der Waals surface area contributed by atoms with Crippen molar-refractivity contribution in [3.8, 4) is 0 Å². The molecular weight excluding hydrogens is 315 g/mol. The summed E-state index contributed by atoms with van der Waals surface area (Å²) in [5.41, 5.74) is 0. The van der Waals surface area contributed by atoms with Crippen molar-refractivity contribution in [2.45, 2.75) is 19.1 Å². The van der Waals surface area contributed by atoms with Gasteiger partial charge in [-0.15, -0.1) is 0 Å². The van der Waals surface area contributed by atoms with Gasteiger partial charge < -0.3 is 10.6 Å². The number of hydrogen-bond acceptors (Lipinski definition) is 3. The van der Waals surface area contributed by atoms with Crippen molar-refractivity contribution in [1.82, 2.24) is 10.3 Å². The van der Waals surface area contributed by atoms with E-state index in [1.165, 1.54) is 6.92 Å². The second-order valence-electron chi connectivity index (χ2n) is 3.54. The summed E-state index contributed by atoms with van der Waals surface area (Å²) >= 11 is 3.15. The molecule has 1 unspecified atom stereocenters. The number of carbonyl (C=O) groups excluding carboxylic acids is 1. The smallest absolute Gasteiger partial charge is 0.359 e. The first kappa shape index (κ1) is 14.7. The fourth-order valence-corrected chi connectivity index (χ4v) is 1.46. The molecule has 0 radical (unpaired) electrons. The molecule has 1 atom stereocenters. The van der Waals surface area contributed by atoms with Gasteiger partial charge in [0.1, 0.15) is 23.0 Å².